The van der Waals surface area contributed by atoms with Crippen LogP contribution in [0.15, 0.2) is 9.59 Å². The molecule has 0 spiro atoms. The van der Waals surface area contributed by atoms with Crippen LogP contribution in [0.1, 0.15) is 6.42 Å². The largest absolute Gasteiger partial charge is 0.380 e. The first kappa shape index (κ1) is 8.75. The topological polar surface area (TPSA) is 73.2 Å². The third-order valence-corrected chi connectivity index (χ3v) is 2.37. The van der Waals surface area contributed by atoms with Crippen molar-refractivity contribution in [3.63, 3.8) is 0 Å². The SMILES string of the molecule is N#CCN1CCCNc2c1c(=O)c2=O. The predicted molar refractivity (Wildman–Crippen MR) is 52.3 cm³/mol. The monoisotopic (exact) mass is 191 g/mol. The highest BCUT2D eigenvalue weighted by Crippen LogP contribution is 2.22. The Balaban J connectivity index is 2.40. The number of hydrogen-bond acceptors (Lipinski definition) is 5. The number of nitriles is 1. The van der Waals surface area contributed by atoms with Crippen molar-refractivity contribution >= 4 is 11.4 Å². The molecular formula is C9H9N3O2. The molecule has 1 aromatic rings. The highest BCUT2D eigenvalue weighted by molar-refractivity contribution is 5.76. The third kappa shape index (κ3) is 1.08. The zero-order valence-corrected chi connectivity index (χ0v) is 7.54. The second kappa shape index (κ2) is 3.14. The van der Waals surface area contributed by atoms with Crippen molar-refractivity contribution in [2.45, 2.75) is 6.42 Å². The second-order valence-electron chi connectivity index (χ2n) is 3.24. The van der Waals surface area contributed by atoms with Gasteiger partial charge in [-0.2, -0.15) is 5.26 Å². The summed E-state index contributed by atoms with van der Waals surface area (Å²) < 4.78 is 0. The van der Waals surface area contributed by atoms with E-state index < -0.39 is 10.9 Å². The van der Waals surface area contributed by atoms with Gasteiger partial charge < -0.3 is 10.2 Å². The summed E-state index contributed by atoms with van der Waals surface area (Å²) in [6.07, 6.45) is 0.829. The maximum absolute atomic E-state index is 11.2. The number of fused-ring (bicyclic) bond motifs is 1. The average Bonchev–Trinajstić information content (AvgIpc) is 2.38. The van der Waals surface area contributed by atoms with Crippen molar-refractivity contribution in [2.75, 3.05) is 29.9 Å². The average molecular weight is 191 g/mol. The first-order chi connectivity index (χ1) is 6.75. The first-order valence-corrected chi connectivity index (χ1v) is 4.45. The summed E-state index contributed by atoms with van der Waals surface area (Å²) in [6, 6.07) is 1.99. The van der Waals surface area contributed by atoms with Crippen molar-refractivity contribution < 1.29 is 0 Å². The second-order valence-corrected chi connectivity index (χ2v) is 3.24. The van der Waals surface area contributed by atoms with Crippen LogP contribution in [0.4, 0.5) is 11.4 Å². The molecule has 0 saturated carbocycles. The number of hydrogen-bond donors (Lipinski definition) is 1. The molecule has 1 heterocycles. The maximum Gasteiger partial charge on any atom is 0.253 e. The van der Waals surface area contributed by atoms with Crippen LogP contribution in [-0.4, -0.2) is 19.6 Å². The minimum atomic E-state index is -0.468. The Labute approximate surface area is 80.3 Å². The molecule has 0 amide bonds. The van der Waals surface area contributed by atoms with Crippen molar-refractivity contribution in [3.05, 3.63) is 20.4 Å². The summed E-state index contributed by atoms with van der Waals surface area (Å²) >= 11 is 0. The van der Waals surface area contributed by atoms with E-state index in [0.717, 1.165) is 6.42 Å². The fourth-order valence-corrected chi connectivity index (χ4v) is 1.68. The zero-order chi connectivity index (χ0) is 10.1. The minimum Gasteiger partial charge on any atom is -0.380 e. The molecule has 1 aliphatic rings. The van der Waals surface area contributed by atoms with Gasteiger partial charge in [0.05, 0.1) is 6.07 Å². The number of rotatable bonds is 1. The standard InChI is InChI=1S/C9H9N3O2/c10-2-5-12-4-1-3-11-6-7(12)9(14)8(6)13/h11H,1,3-5H2. The van der Waals surface area contributed by atoms with E-state index in [1.165, 1.54) is 0 Å². The highest BCUT2D eigenvalue weighted by atomic mass is 16.2. The normalized spacial score (nSPS) is 15.5. The van der Waals surface area contributed by atoms with Gasteiger partial charge in [-0.25, -0.2) is 0 Å². The van der Waals surface area contributed by atoms with E-state index in [-0.39, 0.29) is 6.54 Å². The molecule has 5 heteroatoms. The predicted octanol–water partition coefficient (Wildman–Crippen LogP) is -0.572. The zero-order valence-electron chi connectivity index (χ0n) is 7.54. The van der Waals surface area contributed by atoms with Crippen LogP contribution in [0, 0.1) is 11.3 Å². The van der Waals surface area contributed by atoms with Gasteiger partial charge in [0.1, 0.15) is 17.9 Å². The molecule has 0 aliphatic carbocycles. The summed E-state index contributed by atoms with van der Waals surface area (Å²) in [6.45, 7) is 1.50. The Morgan fingerprint density at radius 3 is 2.93 bits per heavy atom. The Hall–Kier alpha value is -1.83. The van der Waals surface area contributed by atoms with E-state index in [1.807, 2.05) is 6.07 Å². The van der Waals surface area contributed by atoms with Crippen LogP contribution in [-0.2, 0) is 0 Å². The quantitative estimate of drug-likeness (QED) is 0.475. The van der Waals surface area contributed by atoms with E-state index in [1.54, 1.807) is 4.90 Å². The van der Waals surface area contributed by atoms with Crippen LogP contribution in [0.5, 0.6) is 0 Å². The highest BCUT2D eigenvalue weighted by Gasteiger charge is 2.27. The van der Waals surface area contributed by atoms with Gasteiger partial charge in [-0.05, 0) is 6.42 Å². The molecule has 2 rings (SSSR count). The van der Waals surface area contributed by atoms with Crippen molar-refractivity contribution in [3.8, 4) is 6.07 Å². The van der Waals surface area contributed by atoms with Gasteiger partial charge in [0, 0.05) is 13.1 Å². The van der Waals surface area contributed by atoms with Gasteiger partial charge in [0.25, 0.3) is 10.9 Å². The van der Waals surface area contributed by atoms with Crippen LogP contribution < -0.4 is 21.1 Å². The van der Waals surface area contributed by atoms with Crippen molar-refractivity contribution in [2.24, 2.45) is 0 Å². The molecule has 0 fully saturated rings. The van der Waals surface area contributed by atoms with Gasteiger partial charge in [-0.15, -0.1) is 0 Å². The van der Waals surface area contributed by atoms with E-state index in [0.29, 0.717) is 24.5 Å². The number of nitrogens with zero attached hydrogens (tertiary/aromatic N) is 2. The van der Waals surface area contributed by atoms with Crippen molar-refractivity contribution in [1.82, 2.24) is 0 Å². The fraction of sp³-hybridized carbons (Fsp3) is 0.444. The molecule has 14 heavy (non-hydrogen) atoms. The first-order valence-electron chi connectivity index (χ1n) is 4.45. The lowest BCUT2D eigenvalue weighted by Crippen LogP contribution is -2.41. The molecule has 0 bridgehead atoms. The molecule has 0 radical (unpaired) electrons. The summed E-state index contributed by atoms with van der Waals surface area (Å²) in [5.41, 5.74) is -0.133. The molecule has 0 atom stereocenters. The van der Waals surface area contributed by atoms with Crippen LogP contribution in [0.3, 0.4) is 0 Å². The summed E-state index contributed by atoms with van der Waals surface area (Å²) in [7, 11) is 0. The number of nitrogens with one attached hydrogen (secondary N) is 1. The lowest BCUT2D eigenvalue weighted by Gasteiger charge is -2.21. The summed E-state index contributed by atoms with van der Waals surface area (Å²) in [5, 5.41) is 11.5. The molecular weight excluding hydrogens is 182 g/mol. The van der Waals surface area contributed by atoms with Gasteiger partial charge >= 0.3 is 0 Å². The van der Waals surface area contributed by atoms with E-state index in [9.17, 15) is 9.59 Å². The molecule has 72 valence electrons. The lowest BCUT2D eigenvalue weighted by atomic mass is 10.2. The fourth-order valence-electron chi connectivity index (χ4n) is 1.68. The Morgan fingerprint density at radius 2 is 2.21 bits per heavy atom. The van der Waals surface area contributed by atoms with Crippen LogP contribution in [0.25, 0.3) is 0 Å². The van der Waals surface area contributed by atoms with Crippen LogP contribution in [0.2, 0.25) is 0 Å². The van der Waals surface area contributed by atoms with Crippen molar-refractivity contribution in [1.29, 1.82) is 5.26 Å². The Kier molecular flexibility index (Phi) is 1.97. The summed E-state index contributed by atoms with van der Waals surface area (Å²) in [4.78, 5) is 24.0. The molecule has 0 unspecified atom stereocenters. The van der Waals surface area contributed by atoms with Gasteiger partial charge in [-0.1, -0.05) is 0 Å². The van der Waals surface area contributed by atoms with Gasteiger partial charge in [0.2, 0.25) is 0 Å². The van der Waals surface area contributed by atoms with Crippen LogP contribution >= 0.6 is 0 Å². The molecule has 1 N–H and O–H groups in total. The molecule has 1 aromatic carbocycles. The Bertz CT molecular complexity index is 465. The Morgan fingerprint density at radius 1 is 1.43 bits per heavy atom. The van der Waals surface area contributed by atoms with Gasteiger partial charge in [0.15, 0.2) is 0 Å². The minimum absolute atomic E-state index is 0.166. The van der Waals surface area contributed by atoms with E-state index in [2.05, 4.69) is 5.32 Å². The number of anilines is 2. The molecule has 5 nitrogen and oxygen atoms in total. The molecule has 0 aromatic heterocycles. The maximum atomic E-state index is 11.2. The molecule has 0 saturated heterocycles. The smallest absolute Gasteiger partial charge is 0.253 e. The van der Waals surface area contributed by atoms with Gasteiger partial charge in [-0.3, -0.25) is 9.59 Å². The third-order valence-electron chi connectivity index (χ3n) is 2.37. The lowest BCUT2D eigenvalue weighted by molar-refractivity contribution is 0.808. The molecule has 1 aliphatic heterocycles. The van der Waals surface area contributed by atoms with E-state index >= 15 is 0 Å². The van der Waals surface area contributed by atoms with E-state index in [4.69, 9.17) is 5.26 Å². The summed E-state index contributed by atoms with van der Waals surface area (Å²) in [5.74, 6) is 0.